The molecule has 0 spiro atoms. The average molecular weight is 533 g/mol. The molecule has 0 radical (unpaired) electrons. The van der Waals surface area contributed by atoms with Crippen molar-refractivity contribution in [1.82, 2.24) is 0 Å². The van der Waals surface area contributed by atoms with E-state index < -0.39 is 28.5 Å². The third kappa shape index (κ3) is 5.57. The van der Waals surface area contributed by atoms with Crippen LogP contribution >= 0.6 is 11.6 Å². The van der Waals surface area contributed by atoms with Gasteiger partial charge in [-0.2, -0.15) is 0 Å². The topological polar surface area (TPSA) is 110 Å². The maximum absolute atomic E-state index is 13.3. The fraction of sp³-hybridized carbons (Fsp3) is 0.423. The molecule has 2 saturated carbocycles. The Morgan fingerprint density at radius 1 is 1.08 bits per heavy atom. The van der Waals surface area contributed by atoms with Gasteiger partial charge in [-0.05, 0) is 62.9 Å². The highest BCUT2D eigenvalue weighted by Gasteiger charge is 2.42. The third-order valence-corrected chi connectivity index (χ3v) is 9.09. The second-order valence-electron chi connectivity index (χ2n) is 9.20. The lowest BCUT2D eigenvalue weighted by atomic mass is 9.67. The number of carbonyl (C=O) groups excluding carboxylic acids is 3. The number of rotatable bonds is 8. The highest BCUT2D eigenvalue weighted by atomic mass is 35.5. The average Bonchev–Trinajstić information content (AvgIpc) is 2.84. The molecular formula is C26H29ClN2O6S. The first-order chi connectivity index (χ1) is 17.2. The van der Waals surface area contributed by atoms with E-state index in [1.54, 1.807) is 37.3 Å². The quantitative estimate of drug-likeness (QED) is 0.503. The first-order valence-corrected chi connectivity index (χ1v) is 13.9. The molecule has 0 heterocycles. The molecule has 0 aliphatic heterocycles. The normalized spacial score (nSPS) is 21.5. The maximum atomic E-state index is 13.3. The van der Waals surface area contributed by atoms with Crippen LogP contribution in [0.2, 0.25) is 5.02 Å². The Morgan fingerprint density at radius 2 is 1.75 bits per heavy atom. The van der Waals surface area contributed by atoms with E-state index in [2.05, 4.69) is 5.32 Å². The van der Waals surface area contributed by atoms with Gasteiger partial charge in [-0.25, -0.2) is 8.42 Å². The Bertz CT molecular complexity index is 1230. The lowest BCUT2D eigenvalue weighted by molar-refractivity contribution is -0.155. The van der Waals surface area contributed by atoms with E-state index in [-0.39, 0.29) is 45.7 Å². The second-order valence-corrected chi connectivity index (χ2v) is 11.5. The zero-order chi connectivity index (χ0) is 25.9. The van der Waals surface area contributed by atoms with Crippen LogP contribution in [0.1, 0.15) is 39.0 Å². The molecule has 1 amide bonds. The van der Waals surface area contributed by atoms with Gasteiger partial charge < -0.3 is 10.1 Å². The molecule has 2 atom stereocenters. The van der Waals surface area contributed by atoms with E-state index in [4.69, 9.17) is 16.3 Å². The summed E-state index contributed by atoms with van der Waals surface area (Å²) in [7, 11) is -3.92. The van der Waals surface area contributed by atoms with Crippen molar-refractivity contribution in [2.75, 3.05) is 22.8 Å². The first-order valence-electron chi connectivity index (χ1n) is 12.1. The zero-order valence-electron chi connectivity index (χ0n) is 20.0. The molecule has 2 aliphatic rings. The number of esters is 1. The molecule has 2 aromatic rings. The summed E-state index contributed by atoms with van der Waals surface area (Å²) in [4.78, 5) is 37.3. The van der Waals surface area contributed by atoms with Crippen LogP contribution in [0.3, 0.4) is 0 Å². The summed E-state index contributed by atoms with van der Waals surface area (Å²) in [6.45, 7) is 1.41. The second kappa shape index (κ2) is 11.0. The van der Waals surface area contributed by atoms with Gasteiger partial charge in [-0.15, -0.1) is 0 Å². The van der Waals surface area contributed by atoms with Crippen LogP contribution in [0.15, 0.2) is 53.4 Å². The highest BCUT2D eigenvalue weighted by Crippen LogP contribution is 2.40. The number of sulfonamides is 1. The predicted molar refractivity (Wildman–Crippen MR) is 136 cm³/mol. The number of halogens is 1. The Balaban J connectivity index is 1.40. The third-order valence-electron chi connectivity index (χ3n) is 6.86. The number of ketones is 1. The number of hydrogen-bond acceptors (Lipinski definition) is 6. The van der Waals surface area contributed by atoms with E-state index in [1.165, 1.54) is 22.5 Å². The summed E-state index contributed by atoms with van der Waals surface area (Å²) in [6.07, 6.45) is 3.55. The number of anilines is 2. The Morgan fingerprint density at radius 3 is 2.39 bits per heavy atom. The van der Waals surface area contributed by atoms with Gasteiger partial charge in [0.1, 0.15) is 5.78 Å². The number of hydrogen-bond donors (Lipinski definition) is 1. The van der Waals surface area contributed by atoms with E-state index in [1.807, 2.05) is 0 Å². The van der Waals surface area contributed by atoms with Gasteiger partial charge in [0.25, 0.3) is 15.9 Å². The van der Waals surface area contributed by atoms with Gasteiger partial charge in [-0.3, -0.25) is 18.7 Å². The fourth-order valence-electron chi connectivity index (χ4n) is 5.09. The van der Waals surface area contributed by atoms with E-state index in [0.29, 0.717) is 18.5 Å². The number of nitrogens with zero attached hydrogens (tertiary/aromatic N) is 1. The van der Waals surface area contributed by atoms with Crippen molar-refractivity contribution in [3.63, 3.8) is 0 Å². The number of fused-ring (bicyclic) bond motifs is 2. The smallest absolute Gasteiger partial charge is 0.309 e. The van der Waals surface area contributed by atoms with Gasteiger partial charge in [0.2, 0.25) is 0 Å². The number of amides is 1. The Labute approximate surface area is 216 Å². The number of carbonyl (C=O) groups is 3. The number of Topliss-reactive ketones (excluding diaryl/α,β-unsaturated/α-hetero) is 1. The van der Waals surface area contributed by atoms with Crippen molar-refractivity contribution in [1.29, 1.82) is 0 Å². The van der Waals surface area contributed by atoms with Crippen molar-refractivity contribution in [3.8, 4) is 0 Å². The minimum atomic E-state index is -3.92. The molecule has 0 unspecified atom stereocenters. The van der Waals surface area contributed by atoms with Crippen LogP contribution in [-0.4, -0.2) is 39.2 Å². The number of ether oxygens (including phenoxy) is 1. The van der Waals surface area contributed by atoms with Crippen LogP contribution in [0.4, 0.5) is 11.4 Å². The fourth-order valence-corrected chi connectivity index (χ4v) is 6.75. The maximum Gasteiger partial charge on any atom is 0.309 e. The Hall–Kier alpha value is -2.91. The summed E-state index contributed by atoms with van der Waals surface area (Å²) >= 11 is 6.21. The molecule has 36 heavy (non-hydrogen) atoms. The first kappa shape index (κ1) is 26.2. The number of para-hydroxylation sites is 1. The standard InChI is InChI=1S/C26H29ClN2O6S/c1-2-29(20-9-4-3-5-10-20)36(33,34)21-11-12-22(27)23(15-21)28-24(30)16-35-26(32)19-13-17-7-6-8-18(14-19)25(17)31/h3-5,9-12,15,17-19H,2,6-8,13-14,16H2,1H3,(H,28,30)/t17-,18-/m0/s1. The number of benzene rings is 2. The lowest BCUT2D eigenvalue weighted by Gasteiger charge is -2.36. The van der Waals surface area contributed by atoms with Crippen molar-refractivity contribution in [3.05, 3.63) is 53.6 Å². The van der Waals surface area contributed by atoms with E-state index in [0.717, 1.165) is 19.3 Å². The SMILES string of the molecule is CCN(c1ccccc1)S(=O)(=O)c1ccc(Cl)c(NC(=O)COC(=O)C2C[C@@H]3CCC[C@@H](C2)C3=O)c1. The van der Waals surface area contributed by atoms with Gasteiger partial charge >= 0.3 is 5.97 Å². The summed E-state index contributed by atoms with van der Waals surface area (Å²) in [5.74, 6) is -1.44. The van der Waals surface area contributed by atoms with E-state index in [9.17, 15) is 22.8 Å². The van der Waals surface area contributed by atoms with Crippen LogP contribution < -0.4 is 9.62 Å². The van der Waals surface area contributed by atoms with Gasteiger partial charge in [0.05, 0.1) is 27.2 Å². The summed E-state index contributed by atoms with van der Waals surface area (Å²) in [6, 6.07) is 12.8. The monoisotopic (exact) mass is 532 g/mol. The van der Waals surface area contributed by atoms with E-state index >= 15 is 0 Å². The molecule has 2 aromatic carbocycles. The van der Waals surface area contributed by atoms with Gasteiger partial charge in [0.15, 0.2) is 6.61 Å². The molecule has 1 N–H and O–H groups in total. The van der Waals surface area contributed by atoms with Crippen LogP contribution in [-0.2, 0) is 29.1 Å². The predicted octanol–water partition coefficient (Wildman–Crippen LogP) is 4.43. The number of nitrogens with one attached hydrogen (secondary N) is 1. The summed E-state index contributed by atoms with van der Waals surface area (Å²) in [5.41, 5.74) is 0.613. The molecule has 2 bridgehead atoms. The Kier molecular flexibility index (Phi) is 8.00. The molecule has 192 valence electrons. The minimum absolute atomic E-state index is 0.0386. The molecule has 4 rings (SSSR count). The van der Waals surface area contributed by atoms with Crippen molar-refractivity contribution in [2.45, 2.75) is 43.9 Å². The molecule has 10 heteroatoms. The minimum Gasteiger partial charge on any atom is -0.455 e. The van der Waals surface area contributed by atoms with Gasteiger partial charge in [0, 0.05) is 18.4 Å². The molecule has 0 aromatic heterocycles. The van der Waals surface area contributed by atoms with Crippen LogP contribution in [0, 0.1) is 17.8 Å². The summed E-state index contributed by atoms with van der Waals surface area (Å²) < 4.78 is 33.1. The molecule has 2 aliphatic carbocycles. The highest BCUT2D eigenvalue weighted by molar-refractivity contribution is 7.92. The molecule has 2 fully saturated rings. The van der Waals surface area contributed by atoms with Crippen molar-refractivity contribution in [2.24, 2.45) is 17.8 Å². The molecular weight excluding hydrogens is 504 g/mol. The largest absolute Gasteiger partial charge is 0.455 e. The lowest BCUT2D eigenvalue weighted by Crippen LogP contribution is -2.40. The molecule has 0 saturated heterocycles. The zero-order valence-corrected chi connectivity index (χ0v) is 21.6. The van der Waals surface area contributed by atoms with Gasteiger partial charge in [-0.1, -0.05) is 36.2 Å². The van der Waals surface area contributed by atoms with Crippen LogP contribution in [0.5, 0.6) is 0 Å². The van der Waals surface area contributed by atoms with Crippen LogP contribution in [0.25, 0.3) is 0 Å². The molecule has 8 nitrogen and oxygen atoms in total. The van der Waals surface area contributed by atoms with Crippen molar-refractivity contribution >= 4 is 50.7 Å². The van der Waals surface area contributed by atoms with Crippen molar-refractivity contribution < 1.29 is 27.5 Å². The summed E-state index contributed by atoms with van der Waals surface area (Å²) in [5, 5.41) is 2.69.